The lowest BCUT2D eigenvalue weighted by molar-refractivity contribution is -0.136. The third-order valence-corrected chi connectivity index (χ3v) is 3.34. The third kappa shape index (κ3) is 2.76. The monoisotopic (exact) mass is 256 g/mol. The lowest BCUT2D eigenvalue weighted by Gasteiger charge is -2.29. The summed E-state index contributed by atoms with van der Waals surface area (Å²) in [6.07, 6.45) is 2.57. The van der Waals surface area contributed by atoms with Gasteiger partial charge in [-0.05, 0) is 31.0 Å². The van der Waals surface area contributed by atoms with Gasteiger partial charge in [0.1, 0.15) is 0 Å². The molecule has 19 heavy (non-hydrogen) atoms. The number of aryl methyl sites for hydroxylation is 1. The van der Waals surface area contributed by atoms with Crippen LogP contribution in [0.4, 0.5) is 5.69 Å². The van der Waals surface area contributed by atoms with Gasteiger partial charge in [-0.2, -0.15) is 5.26 Å². The molecule has 0 bridgehead atoms. The first-order chi connectivity index (χ1) is 9.15. The van der Waals surface area contributed by atoms with Gasteiger partial charge in [0.25, 0.3) is 0 Å². The molecule has 0 spiro atoms. The van der Waals surface area contributed by atoms with E-state index in [2.05, 4.69) is 11.0 Å². The minimum Gasteiger partial charge on any atom is -0.466 e. The summed E-state index contributed by atoms with van der Waals surface area (Å²) >= 11 is 0. The second-order valence-corrected chi connectivity index (χ2v) is 4.53. The van der Waals surface area contributed by atoms with E-state index >= 15 is 0 Å². The molecule has 1 heterocycles. The lowest BCUT2D eigenvalue weighted by atomic mass is 10.0. The maximum absolute atomic E-state index is 11.4. The van der Waals surface area contributed by atoms with Gasteiger partial charge in [-0.1, -0.05) is 12.1 Å². The summed E-state index contributed by atoms with van der Waals surface area (Å²) in [5.41, 5.74) is 3.57. The van der Waals surface area contributed by atoms with Crippen LogP contribution in [0.2, 0.25) is 0 Å². The summed E-state index contributed by atoms with van der Waals surface area (Å²) in [5.74, 6) is -0.248. The van der Waals surface area contributed by atoms with Gasteiger partial charge in [0, 0.05) is 24.4 Å². The molecule has 4 heteroatoms. The van der Waals surface area contributed by atoms with Crippen molar-refractivity contribution in [3.05, 3.63) is 41.0 Å². The number of nitrogens with zero attached hydrogens (tertiary/aromatic N) is 2. The van der Waals surface area contributed by atoms with Gasteiger partial charge in [0.15, 0.2) is 0 Å². The average molecular weight is 256 g/mol. The highest BCUT2D eigenvalue weighted by Gasteiger charge is 2.18. The molecule has 4 nitrogen and oxygen atoms in total. The van der Waals surface area contributed by atoms with E-state index in [9.17, 15) is 4.79 Å². The summed E-state index contributed by atoms with van der Waals surface area (Å²) in [6.45, 7) is 3.45. The van der Waals surface area contributed by atoms with Crippen LogP contribution in [0.15, 0.2) is 29.8 Å². The van der Waals surface area contributed by atoms with Crippen LogP contribution >= 0.6 is 0 Å². The number of ether oxygens (including phenoxy) is 1. The topological polar surface area (TPSA) is 53.3 Å². The molecule has 0 fully saturated rings. The molecule has 0 saturated carbocycles. The molecular formula is C15H16N2O2. The second-order valence-electron chi connectivity index (χ2n) is 4.53. The number of rotatable bonds is 2. The van der Waals surface area contributed by atoms with E-state index in [4.69, 9.17) is 10.00 Å². The number of nitriles is 1. The van der Waals surface area contributed by atoms with E-state index in [1.807, 2.05) is 31.2 Å². The Bertz CT molecular complexity index is 570. The van der Waals surface area contributed by atoms with E-state index in [0.717, 1.165) is 23.4 Å². The highest BCUT2D eigenvalue weighted by atomic mass is 16.5. The van der Waals surface area contributed by atoms with E-state index in [0.29, 0.717) is 18.5 Å². The molecule has 0 N–H and O–H groups in total. The van der Waals surface area contributed by atoms with Gasteiger partial charge in [0.2, 0.25) is 0 Å². The number of hydrogen-bond donors (Lipinski definition) is 0. The van der Waals surface area contributed by atoms with Crippen LogP contribution in [0.1, 0.15) is 17.5 Å². The molecule has 0 atom stereocenters. The van der Waals surface area contributed by atoms with Crippen molar-refractivity contribution in [1.29, 1.82) is 5.26 Å². The van der Waals surface area contributed by atoms with Crippen LogP contribution in [0.3, 0.4) is 0 Å². The Morgan fingerprint density at radius 2 is 2.26 bits per heavy atom. The Kier molecular flexibility index (Phi) is 3.86. The molecule has 0 amide bonds. The van der Waals surface area contributed by atoms with Gasteiger partial charge in [-0.15, -0.1) is 0 Å². The normalized spacial score (nSPS) is 14.6. The molecule has 1 aromatic rings. The zero-order valence-corrected chi connectivity index (χ0v) is 11.1. The van der Waals surface area contributed by atoms with Gasteiger partial charge < -0.3 is 9.64 Å². The van der Waals surface area contributed by atoms with Crippen molar-refractivity contribution in [3.63, 3.8) is 0 Å². The Labute approximate surface area is 112 Å². The van der Waals surface area contributed by atoms with Crippen LogP contribution in [0, 0.1) is 18.3 Å². The van der Waals surface area contributed by atoms with Crippen molar-refractivity contribution in [3.8, 4) is 6.07 Å². The first-order valence-electron chi connectivity index (χ1n) is 6.18. The minimum absolute atomic E-state index is 0.248. The Balaban J connectivity index is 2.20. The summed E-state index contributed by atoms with van der Waals surface area (Å²) in [6, 6.07) is 7.82. The molecule has 1 aliphatic rings. The molecule has 0 aliphatic carbocycles. The number of hydrogen-bond acceptors (Lipinski definition) is 4. The van der Waals surface area contributed by atoms with E-state index in [-0.39, 0.29) is 5.97 Å². The minimum atomic E-state index is -0.248. The zero-order valence-electron chi connectivity index (χ0n) is 11.1. The molecule has 1 aliphatic heterocycles. The van der Waals surface area contributed by atoms with E-state index < -0.39 is 0 Å². The summed E-state index contributed by atoms with van der Waals surface area (Å²) in [4.78, 5) is 13.6. The maximum atomic E-state index is 11.4. The standard InChI is InChI=1S/C15H16N2O2/c1-11-3-4-12(10-16)9-14(11)17-7-5-13(6-8-17)15(18)19-2/h3-5,9H,6-8H2,1-2H3. The molecule has 1 aromatic carbocycles. The molecule has 2 rings (SSSR count). The zero-order chi connectivity index (χ0) is 13.8. The third-order valence-electron chi connectivity index (χ3n) is 3.34. The molecular weight excluding hydrogens is 240 g/mol. The van der Waals surface area contributed by atoms with Crippen LogP contribution in [0.25, 0.3) is 0 Å². The number of carbonyl (C=O) groups excluding carboxylic acids is 1. The number of anilines is 1. The molecule has 0 radical (unpaired) electrons. The molecule has 0 unspecified atom stereocenters. The quantitative estimate of drug-likeness (QED) is 0.761. The van der Waals surface area contributed by atoms with Crippen LogP contribution in [-0.4, -0.2) is 26.2 Å². The number of methoxy groups -OCH3 is 1. The number of carbonyl (C=O) groups is 1. The fourth-order valence-electron chi connectivity index (χ4n) is 2.22. The van der Waals surface area contributed by atoms with Crippen LogP contribution < -0.4 is 4.90 Å². The van der Waals surface area contributed by atoms with Crippen LogP contribution in [-0.2, 0) is 9.53 Å². The lowest BCUT2D eigenvalue weighted by Crippen LogP contribution is -2.30. The summed E-state index contributed by atoms with van der Waals surface area (Å²) in [7, 11) is 1.40. The van der Waals surface area contributed by atoms with Crippen molar-refractivity contribution >= 4 is 11.7 Å². The van der Waals surface area contributed by atoms with Gasteiger partial charge in [0.05, 0.1) is 18.7 Å². The highest BCUT2D eigenvalue weighted by molar-refractivity contribution is 5.88. The largest absolute Gasteiger partial charge is 0.466 e. The first kappa shape index (κ1) is 13.2. The van der Waals surface area contributed by atoms with Crippen molar-refractivity contribution in [2.24, 2.45) is 0 Å². The van der Waals surface area contributed by atoms with Crippen molar-refractivity contribution < 1.29 is 9.53 Å². The Morgan fingerprint density at radius 3 is 2.84 bits per heavy atom. The molecule has 0 aromatic heterocycles. The van der Waals surface area contributed by atoms with Crippen LogP contribution in [0.5, 0.6) is 0 Å². The molecule has 0 saturated heterocycles. The van der Waals surface area contributed by atoms with Crippen molar-refractivity contribution in [2.45, 2.75) is 13.3 Å². The Morgan fingerprint density at radius 1 is 1.47 bits per heavy atom. The number of benzene rings is 1. The fourth-order valence-corrected chi connectivity index (χ4v) is 2.22. The predicted molar refractivity (Wildman–Crippen MR) is 72.8 cm³/mol. The van der Waals surface area contributed by atoms with Gasteiger partial charge >= 0.3 is 5.97 Å². The SMILES string of the molecule is COC(=O)C1=CCN(c2cc(C#N)ccc2C)CC1. The summed E-state index contributed by atoms with van der Waals surface area (Å²) in [5, 5.41) is 8.96. The maximum Gasteiger partial charge on any atom is 0.333 e. The van der Waals surface area contributed by atoms with E-state index in [1.165, 1.54) is 7.11 Å². The van der Waals surface area contributed by atoms with Gasteiger partial charge in [-0.3, -0.25) is 0 Å². The van der Waals surface area contributed by atoms with Crippen molar-refractivity contribution in [2.75, 3.05) is 25.1 Å². The smallest absolute Gasteiger partial charge is 0.333 e. The molecule has 98 valence electrons. The average Bonchev–Trinajstić information content (AvgIpc) is 2.47. The first-order valence-corrected chi connectivity index (χ1v) is 6.18. The summed E-state index contributed by atoms with van der Waals surface area (Å²) < 4.78 is 4.72. The Hall–Kier alpha value is -2.28. The number of esters is 1. The van der Waals surface area contributed by atoms with E-state index in [1.54, 1.807) is 0 Å². The fraction of sp³-hybridized carbons (Fsp3) is 0.333. The second kappa shape index (κ2) is 5.57. The van der Waals surface area contributed by atoms with Gasteiger partial charge in [-0.25, -0.2) is 4.79 Å². The predicted octanol–water partition coefficient (Wildman–Crippen LogP) is 2.18. The van der Waals surface area contributed by atoms with Crippen molar-refractivity contribution in [1.82, 2.24) is 0 Å². The highest BCUT2D eigenvalue weighted by Crippen LogP contribution is 2.25.